The summed E-state index contributed by atoms with van der Waals surface area (Å²) in [6.45, 7) is 4.47. The van der Waals surface area contributed by atoms with Gasteiger partial charge in [0, 0.05) is 24.9 Å². The van der Waals surface area contributed by atoms with Crippen LogP contribution in [0.3, 0.4) is 0 Å². The zero-order valence-corrected chi connectivity index (χ0v) is 20.4. The molecule has 2 N–H and O–H groups in total. The van der Waals surface area contributed by atoms with Gasteiger partial charge < -0.3 is 15.4 Å². The number of nitrogens with zero attached hydrogens (tertiary/aromatic N) is 1. The molecular weight excluding hydrogens is 546 g/mol. The van der Waals surface area contributed by atoms with Gasteiger partial charge in [0.15, 0.2) is 15.8 Å². The number of hydrogen-bond donors (Lipinski definition) is 2. The summed E-state index contributed by atoms with van der Waals surface area (Å²) in [6, 6.07) is 10.8. The van der Waals surface area contributed by atoms with Gasteiger partial charge in [0.05, 0.1) is 11.4 Å². The molecule has 6 nitrogen and oxygen atoms in total. The molecule has 0 heterocycles. The van der Waals surface area contributed by atoms with Crippen LogP contribution in [0.15, 0.2) is 52.4 Å². The van der Waals surface area contributed by atoms with E-state index in [1.807, 2.05) is 6.92 Å². The Kier molecular flexibility index (Phi) is 10.1. The maximum Gasteiger partial charge on any atom is 0.573 e. The Morgan fingerprint density at radius 1 is 1.13 bits per heavy atom. The van der Waals surface area contributed by atoms with Gasteiger partial charge >= 0.3 is 6.36 Å². The average Bonchev–Trinajstić information content (AvgIpc) is 2.63. The number of aliphatic imine (C=N–C) groups is 1. The minimum atomic E-state index is -4.77. The van der Waals surface area contributed by atoms with Crippen molar-refractivity contribution in [3.63, 3.8) is 0 Å². The van der Waals surface area contributed by atoms with E-state index in [0.717, 1.165) is 11.8 Å². The van der Waals surface area contributed by atoms with E-state index < -0.39 is 16.2 Å². The minimum Gasteiger partial charge on any atom is -0.405 e. The first-order chi connectivity index (χ1) is 14.0. The van der Waals surface area contributed by atoms with Crippen molar-refractivity contribution in [2.24, 2.45) is 4.99 Å². The molecule has 0 aliphatic heterocycles. The normalized spacial score (nSPS) is 12.1. The van der Waals surface area contributed by atoms with Crippen molar-refractivity contribution in [2.75, 3.05) is 12.8 Å². The fourth-order valence-corrected chi connectivity index (χ4v) is 3.75. The van der Waals surface area contributed by atoms with E-state index in [2.05, 4.69) is 20.4 Å². The van der Waals surface area contributed by atoms with E-state index in [1.54, 1.807) is 31.2 Å². The van der Waals surface area contributed by atoms with Crippen LogP contribution in [-0.4, -0.2) is 33.5 Å². The van der Waals surface area contributed by atoms with Crippen LogP contribution < -0.4 is 15.4 Å². The number of alkyl halides is 3. The van der Waals surface area contributed by atoms with Crippen LogP contribution in [0.2, 0.25) is 0 Å². The fraction of sp³-hybridized carbons (Fsp3) is 0.350. The SMILES string of the molecule is CCNC(=NCc1ccc(S(C)(=O)=O)c(C)c1)NCc1ccccc1OC(F)(F)F.I. The Hall–Kier alpha value is -2.02. The minimum absolute atomic E-state index is 0. The third-order valence-corrected chi connectivity index (χ3v) is 5.30. The number of guanidine groups is 1. The van der Waals surface area contributed by atoms with Crippen LogP contribution in [-0.2, 0) is 22.9 Å². The molecule has 2 rings (SSSR count). The average molecular weight is 571 g/mol. The summed E-state index contributed by atoms with van der Waals surface area (Å²) < 4.78 is 65.2. The Bertz CT molecular complexity index is 1010. The van der Waals surface area contributed by atoms with E-state index in [0.29, 0.717) is 23.6 Å². The number of ether oxygens (including phenoxy) is 1. The van der Waals surface area contributed by atoms with Crippen LogP contribution in [0.1, 0.15) is 23.6 Å². The number of benzene rings is 2. The van der Waals surface area contributed by atoms with Gasteiger partial charge in [-0.25, -0.2) is 13.4 Å². The van der Waals surface area contributed by atoms with Crippen molar-refractivity contribution in [3.05, 3.63) is 59.2 Å². The molecule has 0 saturated carbocycles. The van der Waals surface area contributed by atoms with Crippen molar-refractivity contribution in [1.29, 1.82) is 0 Å². The van der Waals surface area contributed by atoms with Gasteiger partial charge in [0.1, 0.15) is 5.75 Å². The molecule has 0 fully saturated rings. The van der Waals surface area contributed by atoms with E-state index in [1.165, 1.54) is 18.2 Å². The Balaban J connectivity index is 0.00000480. The molecule has 0 amide bonds. The molecule has 0 aliphatic carbocycles. The topological polar surface area (TPSA) is 79.8 Å². The Labute approximate surface area is 197 Å². The Morgan fingerprint density at radius 2 is 1.81 bits per heavy atom. The highest BCUT2D eigenvalue weighted by Gasteiger charge is 2.31. The summed E-state index contributed by atoms with van der Waals surface area (Å²) in [6.07, 6.45) is -3.62. The largest absolute Gasteiger partial charge is 0.573 e. The highest BCUT2D eigenvalue weighted by molar-refractivity contribution is 14.0. The maximum absolute atomic E-state index is 12.6. The first-order valence-electron chi connectivity index (χ1n) is 9.15. The van der Waals surface area contributed by atoms with Crippen molar-refractivity contribution in [1.82, 2.24) is 10.6 Å². The van der Waals surface area contributed by atoms with Gasteiger partial charge in [-0.3, -0.25) is 0 Å². The number of sulfone groups is 1. The zero-order chi connectivity index (χ0) is 22.4. The summed E-state index contributed by atoms with van der Waals surface area (Å²) in [7, 11) is -3.30. The second-order valence-electron chi connectivity index (χ2n) is 6.58. The van der Waals surface area contributed by atoms with Crippen LogP contribution in [0.25, 0.3) is 0 Å². The molecule has 0 spiro atoms. The lowest BCUT2D eigenvalue weighted by molar-refractivity contribution is -0.274. The van der Waals surface area contributed by atoms with Crippen molar-refractivity contribution < 1.29 is 26.3 Å². The Morgan fingerprint density at radius 3 is 2.39 bits per heavy atom. The first kappa shape index (κ1) is 27.0. The molecular formula is C20H25F3IN3O3S. The summed E-state index contributed by atoms with van der Waals surface area (Å²) in [4.78, 5) is 4.68. The van der Waals surface area contributed by atoms with E-state index in [9.17, 15) is 21.6 Å². The number of para-hydroxylation sites is 1. The molecule has 2 aromatic carbocycles. The molecule has 31 heavy (non-hydrogen) atoms. The number of hydrogen-bond acceptors (Lipinski definition) is 4. The van der Waals surface area contributed by atoms with Crippen LogP contribution in [0, 0.1) is 6.92 Å². The third kappa shape index (κ3) is 8.93. The summed E-state index contributed by atoms with van der Waals surface area (Å²) in [5, 5.41) is 6.00. The molecule has 0 saturated heterocycles. The predicted molar refractivity (Wildman–Crippen MR) is 124 cm³/mol. The number of halogens is 4. The maximum atomic E-state index is 12.6. The number of aryl methyl sites for hydroxylation is 1. The summed E-state index contributed by atoms with van der Waals surface area (Å²) >= 11 is 0. The van der Waals surface area contributed by atoms with E-state index in [4.69, 9.17) is 0 Å². The molecule has 0 unspecified atom stereocenters. The lowest BCUT2D eigenvalue weighted by Crippen LogP contribution is -2.37. The van der Waals surface area contributed by atoms with Crippen LogP contribution in [0.5, 0.6) is 5.75 Å². The highest BCUT2D eigenvalue weighted by atomic mass is 127. The van der Waals surface area contributed by atoms with Gasteiger partial charge in [-0.05, 0) is 37.1 Å². The van der Waals surface area contributed by atoms with Crippen LogP contribution >= 0.6 is 24.0 Å². The number of rotatable bonds is 7. The standard InChI is InChI=1S/C20H24F3N3O3S.HI/c1-4-24-19(25-12-15-9-10-18(14(2)11-15)30(3,27)28)26-13-16-7-5-6-8-17(16)29-20(21,22)23;/h5-11H,4,12-13H2,1-3H3,(H2,24,25,26);1H. The quantitative estimate of drug-likeness (QED) is 0.297. The van der Waals surface area contributed by atoms with Crippen LogP contribution in [0.4, 0.5) is 13.2 Å². The van der Waals surface area contributed by atoms with Crippen molar-refractivity contribution in [3.8, 4) is 5.75 Å². The monoisotopic (exact) mass is 571 g/mol. The molecule has 0 aromatic heterocycles. The van der Waals surface area contributed by atoms with Crippen molar-refractivity contribution in [2.45, 2.75) is 38.2 Å². The van der Waals surface area contributed by atoms with Gasteiger partial charge in [-0.2, -0.15) is 0 Å². The smallest absolute Gasteiger partial charge is 0.405 e. The fourth-order valence-electron chi connectivity index (χ4n) is 2.79. The third-order valence-electron chi connectivity index (χ3n) is 4.05. The van der Waals surface area contributed by atoms with Gasteiger partial charge in [-0.1, -0.05) is 30.3 Å². The highest BCUT2D eigenvalue weighted by Crippen LogP contribution is 2.26. The summed E-state index contributed by atoms with van der Waals surface area (Å²) in [5.74, 6) is 0.129. The first-order valence-corrected chi connectivity index (χ1v) is 11.0. The molecule has 2 aromatic rings. The molecule has 0 aliphatic rings. The van der Waals surface area contributed by atoms with E-state index >= 15 is 0 Å². The number of nitrogens with one attached hydrogen (secondary N) is 2. The molecule has 11 heteroatoms. The van der Waals surface area contributed by atoms with Gasteiger partial charge in [-0.15, -0.1) is 37.1 Å². The lowest BCUT2D eigenvalue weighted by Gasteiger charge is -2.15. The molecule has 0 radical (unpaired) electrons. The van der Waals surface area contributed by atoms with Gasteiger partial charge in [0.25, 0.3) is 0 Å². The zero-order valence-electron chi connectivity index (χ0n) is 17.3. The van der Waals surface area contributed by atoms with E-state index in [-0.39, 0.29) is 47.7 Å². The second kappa shape index (κ2) is 11.6. The molecule has 0 atom stereocenters. The van der Waals surface area contributed by atoms with Crippen molar-refractivity contribution >= 4 is 39.8 Å². The molecule has 0 bridgehead atoms. The van der Waals surface area contributed by atoms with Gasteiger partial charge in [0.2, 0.25) is 0 Å². The molecule has 172 valence electrons. The lowest BCUT2D eigenvalue weighted by atomic mass is 10.1. The summed E-state index contributed by atoms with van der Waals surface area (Å²) in [5.41, 5.74) is 1.76. The second-order valence-corrected chi connectivity index (χ2v) is 8.56. The predicted octanol–water partition coefficient (Wildman–Crippen LogP) is 4.17.